The van der Waals surface area contributed by atoms with Gasteiger partial charge in [0.15, 0.2) is 0 Å². The highest BCUT2D eigenvalue weighted by atomic mass is 32.2. The number of rotatable bonds is 5. The molecule has 16 heavy (non-hydrogen) atoms. The summed E-state index contributed by atoms with van der Waals surface area (Å²) < 4.78 is 0.00783. The predicted octanol–water partition coefficient (Wildman–Crippen LogP) is 1.74. The van der Waals surface area contributed by atoms with Crippen LogP contribution in [0.15, 0.2) is 0 Å². The van der Waals surface area contributed by atoms with Crippen LogP contribution in [0.3, 0.4) is 0 Å². The van der Waals surface area contributed by atoms with E-state index >= 15 is 0 Å². The molecule has 0 aliphatic rings. The third-order valence-corrected chi connectivity index (χ3v) is 3.16. The van der Waals surface area contributed by atoms with E-state index in [0.29, 0.717) is 5.75 Å². The van der Waals surface area contributed by atoms with Crippen LogP contribution in [0.1, 0.15) is 34.6 Å². The molecule has 0 heterocycles. The van der Waals surface area contributed by atoms with Crippen molar-refractivity contribution in [3.05, 3.63) is 0 Å². The summed E-state index contributed by atoms with van der Waals surface area (Å²) >= 11 is 1.50. The van der Waals surface area contributed by atoms with Gasteiger partial charge in [0.25, 0.3) is 0 Å². The molecule has 0 fully saturated rings. The molecule has 0 saturated heterocycles. The molecule has 0 aliphatic carbocycles. The zero-order chi connectivity index (χ0) is 12.9. The molecule has 5 heteroatoms. The molecule has 0 bridgehead atoms. The Labute approximate surface area is 101 Å². The SMILES string of the molecule is CC(C)C(NC(=O)CSC(C)(C)C)C(=O)O. The van der Waals surface area contributed by atoms with Crippen molar-refractivity contribution < 1.29 is 14.7 Å². The number of amides is 1. The Kier molecular flexibility index (Phi) is 5.86. The summed E-state index contributed by atoms with van der Waals surface area (Å²) in [5.41, 5.74) is 0. The van der Waals surface area contributed by atoms with Crippen molar-refractivity contribution in [2.24, 2.45) is 5.92 Å². The molecule has 2 N–H and O–H groups in total. The molecular weight excluding hydrogens is 226 g/mol. The summed E-state index contributed by atoms with van der Waals surface area (Å²) in [6, 6.07) is -0.798. The van der Waals surface area contributed by atoms with Crippen LogP contribution in [0.2, 0.25) is 0 Å². The van der Waals surface area contributed by atoms with Gasteiger partial charge in [-0.3, -0.25) is 4.79 Å². The number of nitrogens with one attached hydrogen (secondary N) is 1. The molecule has 0 saturated carbocycles. The average Bonchev–Trinajstić information content (AvgIpc) is 2.08. The van der Waals surface area contributed by atoms with Crippen molar-refractivity contribution >= 4 is 23.6 Å². The van der Waals surface area contributed by atoms with E-state index < -0.39 is 12.0 Å². The van der Waals surface area contributed by atoms with Crippen molar-refractivity contribution in [3.63, 3.8) is 0 Å². The fraction of sp³-hybridized carbons (Fsp3) is 0.818. The van der Waals surface area contributed by atoms with E-state index in [0.717, 1.165) is 0 Å². The quantitative estimate of drug-likeness (QED) is 0.776. The third-order valence-electron chi connectivity index (χ3n) is 1.89. The maximum atomic E-state index is 11.5. The van der Waals surface area contributed by atoms with Gasteiger partial charge in [0, 0.05) is 4.75 Å². The summed E-state index contributed by atoms with van der Waals surface area (Å²) in [6.07, 6.45) is 0. The minimum atomic E-state index is -0.982. The van der Waals surface area contributed by atoms with Crippen molar-refractivity contribution in [3.8, 4) is 0 Å². The second-order valence-electron chi connectivity index (χ2n) is 5.03. The number of hydrogen-bond donors (Lipinski definition) is 2. The van der Waals surface area contributed by atoms with Gasteiger partial charge in [0.1, 0.15) is 6.04 Å². The molecule has 0 aromatic heterocycles. The Bertz CT molecular complexity index is 258. The van der Waals surface area contributed by atoms with Crippen LogP contribution < -0.4 is 5.32 Å². The predicted molar refractivity (Wildman–Crippen MR) is 66.6 cm³/mol. The minimum absolute atomic E-state index is 0.00783. The summed E-state index contributed by atoms with van der Waals surface area (Å²) in [7, 11) is 0. The molecule has 0 aromatic rings. The maximum Gasteiger partial charge on any atom is 0.326 e. The largest absolute Gasteiger partial charge is 0.480 e. The molecule has 0 spiro atoms. The number of carbonyl (C=O) groups is 2. The summed E-state index contributed by atoms with van der Waals surface area (Å²) in [6.45, 7) is 9.60. The lowest BCUT2D eigenvalue weighted by Crippen LogP contribution is -2.45. The first-order chi connectivity index (χ1) is 7.13. The lowest BCUT2D eigenvalue weighted by molar-refractivity contribution is -0.142. The number of aliphatic carboxylic acids is 1. The van der Waals surface area contributed by atoms with Crippen LogP contribution >= 0.6 is 11.8 Å². The van der Waals surface area contributed by atoms with Gasteiger partial charge in [-0.05, 0) is 5.92 Å². The Morgan fingerprint density at radius 2 is 1.81 bits per heavy atom. The molecule has 1 atom stereocenters. The Hall–Kier alpha value is -0.710. The van der Waals surface area contributed by atoms with E-state index in [1.54, 1.807) is 13.8 Å². The van der Waals surface area contributed by atoms with E-state index in [-0.39, 0.29) is 16.6 Å². The van der Waals surface area contributed by atoms with Crippen molar-refractivity contribution in [2.75, 3.05) is 5.75 Å². The minimum Gasteiger partial charge on any atom is -0.480 e. The zero-order valence-corrected chi connectivity index (χ0v) is 11.4. The van der Waals surface area contributed by atoms with E-state index in [4.69, 9.17) is 5.11 Å². The van der Waals surface area contributed by atoms with Gasteiger partial charge in [-0.2, -0.15) is 0 Å². The highest BCUT2D eigenvalue weighted by molar-refractivity contribution is 8.01. The van der Waals surface area contributed by atoms with Crippen LogP contribution in [0, 0.1) is 5.92 Å². The van der Waals surface area contributed by atoms with Gasteiger partial charge in [-0.15, -0.1) is 11.8 Å². The monoisotopic (exact) mass is 247 g/mol. The molecule has 1 amide bonds. The maximum absolute atomic E-state index is 11.5. The van der Waals surface area contributed by atoms with Gasteiger partial charge in [0.2, 0.25) is 5.91 Å². The smallest absolute Gasteiger partial charge is 0.326 e. The van der Waals surface area contributed by atoms with Crippen LogP contribution in [-0.4, -0.2) is 33.5 Å². The fourth-order valence-electron chi connectivity index (χ4n) is 1.01. The normalized spacial score (nSPS) is 13.6. The van der Waals surface area contributed by atoms with E-state index in [1.807, 2.05) is 20.8 Å². The fourth-order valence-corrected chi connectivity index (χ4v) is 1.66. The lowest BCUT2D eigenvalue weighted by atomic mass is 10.1. The standard InChI is InChI=1S/C11H21NO3S/c1-7(2)9(10(14)15)12-8(13)6-16-11(3,4)5/h7,9H,6H2,1-5H3,(H,12,13)(H,14,15). The zero-order valence-electron chi connectivity index (χ0n) is 10.5. The van der Waals surface area contributed by atoms with Crippen LogP contribution in [0.25, 0.3) is 0 Å². The topological polar surface area (TPSA) is 66.4 Å². The number of hydrogen-bond acceptors (Lipinski definition) is 3. The molecule has 0 aromatic carbocycles. The Balaban J connectivity index is 4.17. The number of carboxylic acid groups (broad SMARTS) is 1. The molecule has 1 unspecified atom stereocenters. The average molecular weight is 247 g/mol. The third kappa shape index (κ3) is 6.71. The van der Waals surface area contributed by atoms with Gasteiger partial charge >= 0.3 is 5.97 Å². The molecule has 94 valence electrons. The van der Waals surface area contributed by atoms with Gasteiger partial charge in [-0.1, -0.05) is 34.6 Å². The first-order valence-corrected chi connectivity index (χ1v) is 6.28. The number of carboxylic acids is 1. The highest BCUT2D eigenvalue weighted by Gasteiger charge is 2.24. The summed E-state index contributed by atoms with van der Waals surface area (Å²) in [5.74, 6) is -1.02. The second-order valence-corrected chi connectivity index (χ2v) is 6.83. The van der Waals surface area contributed by atoms with Crippen molar-refractivity contribution in [1.82, 2.24) is 5.32 Å². The van der Waals surface area contributed by atoms with Crippen molar-refractivity contribution in [2.45, 2.75) is 45.4 Å². The van der Waals surface area contributed by atoms with Crippen LogP contribution in [-0.2, 0) is 9.59 Å². The molecule has 4 nitrogen and oxygen atoms in total. The molecule has 0 radical (unpaired) electrons. The van der Waals surface area contributed by atoms with Gasteiger partial charge < -0.3 is 10.4 Å². The van der Waals surface area contributed by atoms with E-state index in [9.17, 15) is 9.59 Å². The second kappa shape index (κ2) is 6.13. The number of thioether (sulfide) groups is 1. The summed E-state index contributed by atoms with van der Waals surface area (Å²) in [5, 5.41) is 11.4. The van der Waals surface area contributed by atoms with E-state index in [2.05, 4.69) is 5.32 Å². The first-order valence-electron chi connectivity index (χ1n) is 5.29. The molecule has 0 aliphatic heterocycles. The molecule has 0 rings (SSSR count). The highest BCUT2D eigenvalue weighted by Crippen LogP contribution is 2.22. The molecular formula is C11H21NO3S. The van der Waals surface area contributed by atoms with Gasteiger partial charge in [0.05, 0.1) is 5.75 Å². The van der Waals surface area contributed by atoms with E-state index in [1.165, 1.54) is 11.8 Å². The van der Waals surface area contributed by atoms with Crippen LogP contribution in [0.4, 0.5) is 0 Å². The Morgan fingerprint density at radius 3 is 2.12 bits per heavy atom. The lowest BCUT2D eigenvalue weighted by Gasteiger charge is -2.20. The first kappa shape index (κ1) is 15.3. The van der Waals surface area contributed by atoms with Crippen molar-refractivity contribution in [1.29, 1.82) is 0 Å². The Morgan fingerprint density at radius 1 is 1.31 bits per heavy atom. The van der Waals surface area contributed by atoms with Gasteiger partial charge in [-0.25, -0.2) is 4.79 Å². The van der Waals surface area contributed by atoms with Crippen LogP contribution in [0.5, 0.6) is 0 Å². The summed E-state index contributed by atoms with van der Waals surface area (Å²) in [4.78, 5) is 22.4. The number of carbonyl (C=O) groups excluding carboxylic acids is 1.